The number of benzene rings is 2. The van der Waals surface area contributed by atoms with Crippen molar-refractivity contribution >= 4 is 29.1 Å². The number of carbonyl (C=O) groups excluding carboxylic acids is 2. The number of carbonyl (C=O) groups is 3. The first-order valence-corrected chi connectivity index (χ1v) is 15.6. The van der Waals surface area contributed by atoms with Crippen LogP contribution in [0.4, 0.5) is 9.59 Å². The van der Waals surface area contributed by atoms with Gasteiger partial charge >= 0.3 is 12.1 Å². The van der Waals surface area contributed by atoms with Gasteiger partial charge < -0.3 is 24.8 Å². The predicted octanol–water partition coefficient (Wildman–Crippen LogP) is 6.35. The monoisotopic (exact) mass is 606 g/mol. The van der Waals surface area contributed by atoms with Gasteiger partial charge in [0.25, 0.3) is 0 Å². The number of imide groups is 1. The summed E-state index contributed by atoms with van der Waals surface area (Å²) in [5, 5.41) is 22.7. The van der Waals surface area contributed by atoms with E-state index >= 15 is 0 Å². The standard InChI is InChI=1S/C34H46N4O6/c1-22(2)14-19-38(31(40)24-15-17-37(18-16-24)33(42)43)32(41)35-26(12-10-23-8-6-7-9-28(23)39)21-30-36-27-20-25(34(3,4)5)11-13-29(27)44-30/h6-9,11,13,20,22,24,26,39H,10,12,14-19,21H2,1-5H3,(H,35,41)(H,42,43)/t26-/m0/s1. The Morgan fingerprint density at radius 1 is 1.09 bits per heavy atom. The molecule has 4 rings (SSSR count). The summed E-state index contributed by atoms with van der Waals surface area (Å²) >= 11 is 0. The third-order valence-corrected chi connectivity index (χ3v) is 8.36. The molecule has 0 spiro atoms. The molecule has 0 radical (unpaired) electrons. The summed E-state index contributed by atoms with van der Waals surface area (Å²) in [6.07, 6.45) is 1.71. The Morgan fingerprint density at radius 2 is 1.80 bits per heavy atom. The Balaban J connectivity index is 1.55. The molecule has 0 bridgehead atoms. The number of aromatic nitrogens is 1. The van der Waals surface area contributed by atoms with Crippen molar-refractivity contribution in [2.24, 2.45) is 11.8 Å². The highest BCUT2D eigenvalue weighted by Gasteiger charge is 2.33. The molecule has 2 heterocycles. The Bertz CT molecular complexity index is 1450. The van der Waals surface area contributed by atoms with Crippen molar-refractivity contribution in [1.82, 2.24) is 20.1 Å². The van der Waals surface area contributed by atoms with Crippen molar-refractivity contribution in [3.05, 3.63) is 59.5 Å². The molecule has 10 heteroatoms. The van der Waals surface area contributed by atoms with Crippen molar-refractivity contribution in [2.75, 3.05) is 19.6 Å². The molecule has 1 aliphatic heterocycles. The normalized spacial score (nSPS) is 15.0. The number of oxazole rings is 1. The zero-order valence-corrected chi connectivity index (χ0v) is 26.5. The average molecular weight is 607 g/mol. The molecule has 0 unspecified atom stereocenters. The highest BCUT2D eigenvalue weighted by Crippen LogP contribution is 2.27. The maximum Gasteiger partial charge on any atom is 0.407 e. The lowest BCUT2D eigenvalue weighted by atomic mass is 9.87. The second-order valence-electron chi connectivity index (χ2n) is 13.3. The lowest BCUT2D eigenvalue weighted by Crippen LogP contribution is -2.52. The second kappa shape index (κ2) is 14.1. The lowest BCUT2D eigenvalue weighted by Gasteiger charge is -2.33. The van der Waals surface area contributed by atoms with Crippen LogP contribution in [0.15, 0.2) is 46.9 Å². The Labute approximate surface area is 259 Å². The minimum atomic E-state index is -0.994. The number of aryl methyl sites for hydroxylation is 1. The molecule has 3 N–H and O–H groups in total. The van der Waals surface area contributed by atoms with E-state index < -0.39 is 24.1 Å². The van der Waals surface area contributed by atoms with Gasteiger partial charge in [-0.2, -0.15) is 0 Å². The van der Waals surface area contributed by atoms with E-state index in [2.05, 4.69) is 26.1 Å². The first kappa shape index (κ1) is 32.8. The maximum absolute atomic E-state index is 13.8. The third-order valence-electron chi connectivity index (χ3n) is 8.36. The Morgan fingerprint density at radius 3 is 2.43 bits per heavy atom. The lowest BCUT2D eigenvalue weighted by molar-refractivity contribution is -0.134. The van der Waals surface area contributed by atoms with Crippen LogP contribution < -0.4 is 5.32 Å². The van der Waals surface area contributed by atoms with Crippen LogP contribution in [0.2, 0.25) is 0 Å². The van der Waals surface area contributed by atoms with Crippen LogP contribution in [0.3, 0.4) is 0 Å². The average Bonchev–Trinajstić information content (AvgIpc) is 3.37. The van der Waals surface area contributed by atoms with Crippen molar-refractivity contribution in [1.29, 1.82) is 0 Å². The number of phenolic OH excluding ortho intramolecular Hbond substituents is 1. The number of fused-ring (bicyclic) bond motifs is 1. The van der Waals surface area contributed by atoms with Gasteiger partial charge in [0.1, 0.15) is 11.3 Å². The van der Waals surface area contributed by atoms with Crippen molar-refractivity contribution in [3.63, 3.8) is 0 Å². The molecule has 1 fully saturated rings. The van der Waals surface area contributed by atoms with Crippen molar-refractivity contribution in [3.8, 4) is 5.75 Å². The molecule has 44 heavy (non-hydrogen) atoms. The van der Waals surface area contributed by atoms with E-state index in [1.165, 1.54) is 9.80 Å². The van der Waals surface area contributed by atoms with Gasteiger partial charge in [-0.05, 0) is 72.8 Å². The first-order valence-electron chi connectivity index (χ1n) is 15.6. The van der Waals surface area contributed by atoms with E-state index in [4.69, 9.17) is 9.40 Å². The van der Waals surface area contributed by atoms with Crippen LogP contribution >= 0.6 is 0 Å². The van der Waals surface area contributed by atoms with Crippen LogP contribution in [0.5, 0.6) is 5.75 Å². The molecule has 1 aliphatic rings. The van der Waals surface area contributed by atoms with Gasteiger partial charge in [-0.3, -0.25) is 9.69 Å². The molecule has 1 aromatic heterocycles. The molecule has 10 nitrogen and oxygen atoms in total. The van der Waals surface area contributed by atoms with Gasteiger partial charge in [-0.15, -0.1) is 0 Å². The molecule has 238 valence electrons. The number of para-hydroxylation sites is 1. The first-order chi connectivity index (χ1) is 20.8. The number of aromatic hydroxyl groups is 1. The maximum atomic E-state index is 13.8. The van der Waals surface area contributed by atoms with Crippen LogP contribution in [0.25, 0.3) is 11.1 Å². The summed E-state index contributed by atoms with van der Waals surface area (Å²) in [5.41, 5.74) is 3.28. The van der Waals surface area contributed by atoms with Crippen LogP contribution in [-0.2, 0) is 23.1 Å². The van der Waals surface area contributed by atoms with E-state index in [1.807, 2.05) is 44.2 Å². The SMILES string of the molecule is CC(C)CCN(C(=O)N[C@@H](CCc1ccccc1O)Cc1nc2cc(C(C)(C)C)ccc2o1)C(=O)C1CCN(C(=O)O)CC1. The van der Waals surface area contributed by atoms with Gasteiger partial charge in [-0.1, -0.05) is 58.9 Å². The highest BCUT2D eigenvalue weighted by molar-refractivity contribution is 5.95. The minimum absolute atomic E-state index is 0.0439. The summed E-state index contributed by atoms with van der Waals surface area (Å²) in [4.78, 5) is 46.2. The zero-order chi connectivity index (χ0) is 32.0. The van der Waals surface area contributed by atoms with E-state index in [0.717, 1.165) is 16.6 Å². The minimum Gasteiger partial charge on any atom is -0.508 e. The topological polar surface area (TPSA) is 136 Å². The number of carboxylic acid groups (broad SMARTS) is 1. The summed E-state index contributed by atoms with van der Waals surface area (Å²) in [7, 11) is 0. The number of hydrogen-bond donors (Lipinski definition) is 3. The fourth-order valence-electron chi connectivity index (χ4n) is 5.51. The van der Waals surface area contributed by atoms with Gasteiger partial charge in [0, 0.05) is 38.0 Å². The second-order valence-corrected chi connectivity index (χ2v) is 13.3. The van der Waals surface area contributed by atoms with Gasteiger partial charge in [-0.25, -0.2) is 14.6 Å². The number of hydrogen-bond acceptors (Lipinski definition) is 6. The molecule has 3 aromatic rings. The zero-order valence-electron chi connectivity index (χ0n) is 26.5. The van der Waals surface area contributed by atoms with E-state index in [-0.39, 0.29) is 42.6 Å². The van der Waals surface area contributed by atoms with Crippen molar-refractivity contribution in [2.45, 2.75) is 84.6 Å². The Hall–Kier alpha value is -4.08. The highest BCUT2D eigenvalue weighted by atomic mass is 16.4. The molecule has 1 saturated heterocycles. The van der Waals surface area contributed by atoms with Crippen LogP contribution in [0.1, 0.15) is 77.3 Å². The summed E-state index contributed by atoms with van der Waals surface area (Å²) in [6.45, 7) is 11.3. The van der Waals surface area contributed by atoms with E-state index in [9.17, 15) is 24.6 Å². The predicted molar refractivity (Wildman–Crippen MR) is 169 cm³/mol. The fraction of sp³-hybridized carbons (Fsp3) is 0.529. The molecular weight excluding hydrogens is 560 g/mol. The molecule has 1 atom stereocenters. The number of likely N-dealkylation sites (tertiary alicyclic amines) is 1. The largest absolute Gasteiger partial charge is 0.508 e. The van der Waals surface area contributed by atoms with Crippen LogP contribution in [0, 0.1) is 11.8 Å². The van der Waals surface area contributed by atoms with E-state index in [1.54, 1.807) is 12.1 Å². The summed E-state index contributed by atoms with van der Waals surface area (Å²) in [6, 6.07) is 12.2. The number of piperidine rings is 1. The fourth-order valence-corrected chi connectivity index (χ4v) is 5.51. The number of amides is 4. The number of nitrogens with one attached hydrogen (secondary N) is 1. The molecular formula is C34H46N4O6. The third kappa shape index (κ3) is 8.51. The number of nitrogens with zero attached hydrogens (tertiary/aromatic N) is 3. The van der Waals surface area contributed by atoms with Gasteiger partial charge in [0.15, 0.2) is 11.5 Å². The quantitative estimate of drug-likeness (QED) is 0.245. The van der Waals surface area contributed by atoms with Gasteiger partial charge in [0.2, 0.25) is 5.91 Å². The van der Waals surface area contributed by atoms with E-state index in [0.29, 0.717) is 50.0 Å². The number of urea groups is 1. The smallest absolute Gasteiger partial charge is 0.407 e. The number of phenols is 1. The summed E-state index contributed by atoms with van der Waals surface area (Å²) < 4.78 is 6.09. The van der Waals surface area contributed by atoms with Gasteiger partial charge in [0.05, 0.1) is 0 Å². The number of rotatable bonds is 10. The van der Waals surface area contributed by atoms with Crippen molar-refractivity contribution < 1.29 is 29.0 Å². The van der Waals surface area contributed by atoms with Crippen LogP contribution in [-0.4, -0.2) is 68.7 Å². The summed E-state index contributed by atoms with van der Waals surface area (Å²) in [5.74, 6) is 0.258. The molecule has 0 saturated carbocycles. The molecule has 2 aromatic carbocycles. The molecule has 4 amide bonds. The Kier molecular flexibility index (Phi) is 10.5. The molecule has 0 aliphatic carbocycles.